The molecule has 1 saturated heterocycles. The van der Waals surface area contributed by atoms with Gasteiger partial charge in [0.1, 0.15) is 0 Å². The molecule has 0 radical (unpaired) electrons. The number of aryl methyl sites for hydroxylation is 2. The number of rotatable bonds is 7. The number of hydrogen-bond donors (Lipinski definition) is 1. The predicted molar refractivity (Wildman–Crippen MR) is 105 cm³/mol. The number of aromatic nitrogens is 2. The van der Waals surface area contributed by atoms with E-state index in [0.29, 0.717) is 6.04 Å². The van der Waals surface area contributed by atoms with Gasteiger partial charge in [0, 0.05) is 63.2 Å². The molecule has 5 heteroatoms. The molecule has 1 fully saturated rings. The number of benzene rings is 1. The first kappa shape index (κ1) is 19.1. The molecule has 1 N–H and O–H groups in total. The predicted octanol–water partition coefficient (Wildman–Crippen LogP) is 2.59. The van der Waals surface area contributed by atoms with Crippen LogP contribution in [0.15, 0.2) is 30.5 Å². The van der Waals surface area contributed by atoms with E-state index in [-0.39, 0.29) is 6.61 Å². The smallest absolute Gasteiger partial charge is 0.0537 e. The average Bonchev–Trinajstić information content (AvgIpc) is 2.99. The Hall–Kier alpha value is -1.69. The fraction of sp³-hybridized carbons (Fsp3) is 0.571. The normalized spacial score (nSPS) is 19.2. The van der Waals surface area contributed by atoms with Gasteiger partial charge in [0.15, 0.2) is 0 Å². The Morgan fingerprint density at radius 3 is 2.54 bits per heavy atom. The summed E-state index contributed by atoms with van der Waals surface area (Å²) in [6.07, 6.45) is 2.84. The van der Waals surface area contributed by atoms with Gasteiger partial charge in [-0.05, 0) is 32.8 Å². The minimum absolute atomic E-state index is 0.246. The van der Waals surface area contributed by atoms with Gasteiger partial charge >= 0.3 is 0 Å². The Morgan fingerprint density at radius 2 is 1.88 bits per heavy atom. The molecule has 0 saturated carbocycles. The highest BCUT2D eigenvalue weighted by Crippen LogP contribution is 2.19. The van der Waals surface area contributed by atoms with Crippen molar-refractivity contribution in [3.05, 3.63) is 52.8 Å². The quantitative estimate of drug-likeness (QED) is 0.828. The minimum Gasteiger partial charge on any atom is -0.396 e. The van der Waals surface area contributed by atoms with E-state index in [4.69, 9.17) is 0 Å². The zero-order valence-electron chi connectivity index (χ0n) is 16.4. The Morgan fingerprint density at radius 1 is 1.12 bits per heavy atom. The van der Waals surface area contributed by atoms with Crippen LogP contribution in [-0.4, -0.2) is 57.0 Å². The monoisotopic (exact) mass is 356 g/mol. The Bertz CT molecular complexity index is 695. The van der Waals surface area contributed by atoms with Crippen molar-refractivity contribution in [3.8, 4) is 0 Å². The summed E-state index contributed by atoms with van der Waals surface area (Å²) in [4.78, 5) is 5.04. The first-order valence-corrected chi connectivity index (χ1v) is 9.74. The minimum atomic E-state index is 0.246. The number of nitrogens with zero attached hydrogens (tertiary/aromatic N) is 4. The molecule has 0 amide bonds. The van der Waals surface area contributed by atoms with Crippen molar-refractivity contribution in [1.82, 2.24) is 19.6 Å². The molecule has 0 spiro atoms. The molecule has 2 heterocycles. The highest BCUT2D eigenvalue weighted by atomic mass is 16.3. The SMILES string of the molecule is CCn1ncc(CN2CCN(Cc3ccc(C)cc3)C(CCO)C2)c1C. The Balaban J connectivity index is 1.63. The lowest BCUT2D eigenvalue weighted by Gasteiger charge is -2.41. The third-order valence-electron chi connectivity index (χ3n) is 5.56. The summed E-state index contributed by atoms with van der Waals surface area (Å²) >= 11 is 0. The van der Waals surface area contributed by atoms with Gasteiger partial charge in [0.25, 0.3) is 0 Å². The van der Waals surface area contributed by atoms with Gasteiger partial charge in [-0.15, -0.1) is 0 Å². The number of piperazine rings is 1. The van der Waals surface area contributed by atoms with Gasteiger partial charge in [-0.2, -0.15) is 5.10 Å². The van der Waals surface area contributed by atoms with Crippen molar-refractivity contribution in [1.29, 1.82) is 0 Å². The van der Waals surface area contributed by atoms with Crippen molar-refractivity contribution < 1.29 is 5.11 Å². The zero-order chi connectivity index (χ0) is 18.5. The van der Waals surface area contributed by atoms with Gasteiger partial charge in [0.05, 0.1) is 6.20 Å². The number of aliphatic hydroxyl groups is 1. The molecule has 2 aromatic rings. The van der Waals surface area contributed by atoms with Crippen LogP contribution in [0.4, 0.5) is 0 Å². The van der Waals surface area contributed by atoms with Crippen molar-refractivity contribution >= 4 is 0 Å². The summed E-state index contributed by atoms with van der Waals surface area (Å²) in [6, 6.07) is 9.21. The van der Waals surface area contributed by atoms with Gasteiger partial charge < -0.3 is 5.11 Å². The van der Waals surface area contributed by atoms with E-state index in [1.165, 1.54) is 22.4 Å². The van der Waals surface area contributed by atoms with E-state index in [1.807, 2.05) is 6.20 Å². The lowest BCUT2D eigenvalue weighted by Crippen LogP contribution is -2.52. The Labute approximate surface area is 157 Å². The average molecular weight is 357 g/mol. The van der Waals surface area contributed by atoms with Gasteiger partial charge in [0.2, 0.25) is 0 Å². The van der Waals surface area contributed by atoms with E-state index in [2.05, 4.69) is 64.6 Å². The van der Waals surface area contributed by atoms with Crippen molar-refractivity contribution in [2.75, 3.05) is 26.2 Å². The highest BCUT2D eigenvalue weighted by Gasteiger charge is 2.27. The molecular formula is C21H32N4O. The second-order valence-corrected chi connectivity index (χ2v) is 7.43. The van der Waals surface area contributed by atoms with Crippen LogP contribution in [0.5, 0.6) is 0 Å². The molecule has 26 heavy (non-hydrogen) atoms. The molecule has 1 aliphatic heterocycles. The van der Waals surface area contributed by atoms with E-state index in [9.17, 15) is 5.11 Å². The largest absolute Gasteiger partial charge is 0.396 e. The van der Waals surface area contributed by atoms with E-state index in [0.717, 1.165) is 45.7 Å². The lowest BCUT2D eigenvalue weighted by atomic mass is 10.1. The standard InChI is InChI=1S/C21H32N4O/c1-4-25-18(3)20(13-22-25)15-23-10-11-24(21(16-23)9-12-26)14-19-7-5-17(2)6-8-19/h5-8,13,21,26H,4,9-12,14-16H2,1-3H3. The molecule has 5 nitrogen and oxygen atoms in total. The summed E-state index contributed by atoms with van der Waals surface area (Å²) in [5.74, 6) is 0. The molecule has 1 atom stereocenters. The van der Waals surface area contributed by atoms with Crippen LogP contribution in [0.3, 0.4) is 0 Å². The van der Waals surface area contributed by atoms with Crippen LogP contribution < -0.4 is 0 Å². The maximum Gasteiger partial charge on any atom is 0.0537 e. The van der Waals surface area contributed by atoms with Crippen LogP contribution in [0.2, 0.25) is 0 Å². The zero-order valence-corrected chi connectivity index (χ0v) is 16.4. The summed E-state index contributed by atoms with van der Waals surface area (Å²) in [5, 5.41) is 14.0. The van der Waals surface area contributed by atoms with Crippen LogP contribution in [0.1, 0.15) is 35.7 Å². The number of aliphatic hydroxyl groups excluding tert-OH is 1. The second-order valence-electron chi connectivity index (χ2n) is 7.43. The maximum absolute atomic E-state index is 9.54. The first-order valence-electron chi connectivity index (χ1n) is 9.74. The van der Waals surface area contributed by atoms with Gasteiger partial charge in [-0.1, -0.05) is 29.8 Å². The topological polar surface area (TPSA) is 44.5 Å². The third kappa shape index (κ3) is 4.53. The molecule has 1 aromatic carbocycles. The Kier molecular flexibility index (Phi) is 6.46. The van der Waals surface area contributed by atoms with E-state index in [1.54, 1.807) is 0 Å². The van der Waals surface area contributed by atoms with Crippen molar-refractivity contribution in [2.24, 2.45) is 0 Å². The molecule has 0 bridgehead atoms. The first-order chi connectivity index (χ1) is 12.6. The summed E-state index contributed by atoms with van der Waals surface area (Å²) in [6.45, 7) is 12.6. The van der Waals surface area contributed by atoms with Crippen LogP contribution >= 0.6 is 0 Å². The molecule has 1 unspecified atom stereocenters. The van der Waals surface area contributed by atoms with Crippen molar-refractivity contribution in [2.45, 2.75) is 52.9 Å². The number of hydrogen-bond acceptors (Lipinski definition) is 4. The van der Waals surface area contributed by atoms with Gasteiger partial charge in [-0.3, -0.25) is 14.5 Å². The van der Waals surface area contributed by atoms with Crippen LogP contribution in [0, 0.1) is 13.8 Å². The van der Waals surface area contributed by atoms with Crippen LogP contribution in [0.25, 0.3) is 0 Å². The lowest BCUT2D eigenvalue weighted by molar-refractivity contribution is 0.0499. The van der Waals surface area contributed by atoms with E-state index < -0.39 is 0 Å². The summed E-state index contributed by atoms with van der Waals surface area (Å²) in [5.41, 5.74) is 5.25. The maximum atomic E-state index is 9.54. The summed E-state index contributed by atoms with van der Waals surface area (Å²) < 4.78 is 2.06. The van der Waals surface area contributed by atoms with Crippen molar-refractivity contribution in [3.63, 3.8) is 0 Å². The van der Waals surface area contributed by atoms with Gasteiger partial charge in [-0.25, -0.2) is 0 Å². The molecule has 3 rings (SSSR count). The molecule has 1 aromatic heterocycles. The molecular weight excluding hydrogens is 324 g/mol. The fourth-order valence-corrected chi connectivity index (χ4v) is 3.86. The van der Waals surface area contributed by atoms with Crippen LogP contribution in [-0.2, 0) is 19.6 Å². The fourth-order valence-electron chi connectivity index (χ4n) is 3.86. The summed E-state index contributed by atoms with van der Waals surface area (Å²) in [7, 11) is 0. The van der Waals surface area contributed by atoms with E-state index >= 15 is 0 Å². The molecule has 1 aliphatic rings. The molecule has 142 valence electrons. The second kappa shape index (κ2) is 8.80. The highest BCUT2D eigenvalue weighted by molar-refractivity contribution is 5.21. The molecule has 0 aliphatic carbocycles. The third-order valence-corrected chi connectivity index (χ3v) is 5.56.